The molecule has 0 aromatic heterocycles. The molecule has 0 radical (unpaired) electrons. The Labute approximate surface area is 107 Å². The third-order valence-electron chi connectivity index (χ3n) is 4.02. The molecule has 1 fully saturated rings. The number of benzene rings is 1. The van der Waals surface area contributed by atoms with Crippen LogP contribution >= 0.6 is 0 Å². The maximum absolute atomic E-state index is 12.1. The summed E-state index contributed by atoms with van der Waals surface area (Å²) in [6, 6.07) is 9.66. The minimum absolute atomic E-state index is 0.0664. The van der Waals surface area contributed by atoms with E-state index in [1.54, 1.807) is 0 Å². The van der Waals surface area contributed by atoms with Gasteiger partial charge in [-0.05, 0) is 23.8 Å². The molecule has 1 aromatic rings. The Morgan fingerprint density at radius 1 is 1.22 bits per heavy atom. The summed E-state index contributed by atoms with van der Waals surface area (Å²) < 4.78 is 5.38. The first-order chi connectivity index (χ1) is 8.75. The van der Waals surface area contributed by atoms with Gasteiger partial charge < -0.3 is 10.5 Å². The summed E-state index contributed by atoms with van der Waals surface area (Å²) in [6.07, 6.45) is 5.26. The van der Waals surface area contributed by atoms with Crippen LogP contribution in [0.4, 0.5) is 0 Å². The number of hydrogen-bond acceptors (Lipinski definition) is 3. The van der Waals surface area contributed by atoms with E-state index in [9.17, 15) is 4.79 Å². The lowest BCUT2D eigenvalue weighted by atomic mass is 9.90. The van der Waals surface area contributed by atoms with Gasteiger partial charge in [0.2, 0.25) is 0 Å². The molecule has 1 saturated carbocycles. The van der Waals surface area contributed by atoms with Crippen LogP contribution in [0, 0.1) is 17.8 Å². The van der Waals surface area contributed by atoms with E-state index < -0.39 is 0 Å². The average molecular weight is 243 g/mol. The van der Waals surface area contributed by atoms with E-state index in [-0.39, 0.29) is 23.8 Å². The Balaban J connectivity index is 1.61. The molecule has 0 unspecified atom stereocenters. The molecule has 4 atom stereocenters. The normalized spacial score (nSPS) is 32.7. The zero-order valence-corrected chi connectivity index (χ0v) is 10.2. The van der Waals surface area contributed by atoms with Crippen molar-refractivity contribution in [3.63, 3.8) is 0 Å². The number of nitrogens with two attached hydrogens (primary N) is 1. The summed E-state index contributed by atoms with van der Waals surface area (Å²) >= 11 is 0. The quantitative estimate of drug-likeness (QED) is 0.651. The number of hydrogen-bond donors (Lipinski definition) is 1. The Hall–Kier alpha value is -1.61. The highest BCUT2D eigenvalue weighted by Crippen LogP contribution is 2.43. The lowest BCUT2D eigenvalue weighted by Crippen LogP contribution is -2.39. The predicted octanol–water partition coefficient (Wildman–Crippen LogP) is 1.88. The minimum atomic E-state index is -0.150. The van der Waals surface area contributed by atoms with Gasteiger partial charge in [-0.2, -0.15) is 0 Å². The van der Waals surface area contributed by atoms with E-state index in [1.165, 1.54) is 0 Å². The molecule has 2 bridgehead atoms. The SMILES string of the molecule is N[C@H]1[C@@H](C(=O)OCc2ccccc2)[C@@H]2C=C[C@H]1C2. The molecule has 1 aromatic carbocycles. The number of carbonyl (C=O) groups excluding carboxylic acids is 1. The van der Waals surface area contributed by atoms with Gasteiger partial charge in [-0.1, -0.05) is 42.5 Å². The van der Waals surface area contributed by atoms with Crippen molar-refractivity contribution in [2.75, 3.05) is 0 Å². The van der Waals surface area contributed by atoms with E-state index in [1.807, 2.05) is 30.3 Å². The maximum Gasteiger partial charge on any atom is 0.311 e. The van der Waals surface area contributed by atoms with Gasteiger partial charge in [0.25, 0.3) is 0 Å². The minimum Gasteiger partial charge on any atom is -0.461 e. The number of fused-ring (bicyclic) bond motifs is 2. The number of allylic oxidation sites excluding steroid dienone is 1. The lowest BCUT2D eigenvalue weighted by Gasteiger charge is -2.22. The zero-order valence-electron chi connectivity index (χ0n) is 10.2. The molecule has 0 saturated heterocycles. The number of rotatable bonds is 3. The van der Waals surface area contributed by atoms with Crippen LogP contribution in [0.5, 0.6) is 0 Å². The third-order valence-corrected chi connectivity index (χ3v) is 4.02. The highest BCUT2D eigenvalue weighted by molar-refractivity contribution is 5.75. The van der Waals surface area contributed by atoms with Crippen LogP contribution in [-0.4, -0.2) is 12.0 Å². The Kier molecular flexibility index (Phi) is 2.92. The van der Waals surface area contributed by atoms with Crippen LogP contribution in [0.15, 0.2) is 42.5 Å². The van der Waals surface area contributed by atoms with Gasteiger partial charge in [0.15, 0.2) is 0 Å². The molecule has 0 amide bonds. The Morgan fingerprint density at radius 2 is 1.94 bits per heavy atom. The number of esters is 1. The van der Waals surface area contributed by atoms with Crippen molar-refractivity contribution in [1.29, 1.82) is 0 Å². The van der Waals surface area contributed by atoms with E-state index in [4.69, 9.17) is 10.5 Å². The third kappa shape index (κ3) is 1.95. The van der Waals surface area contributed by atoms with Gasteiger partial charge in [0.1, 0.15) is 6.61 Å². The van der Waals surface area contributed by atoms with Gasteiger partial charge in [0, 0.05) is 6.04 Å². The van der Waals surface area contributed by atoms with Gasteiger partial charge in [-0.3, -0.25) is 4.79 Å². The monoisotopic (exact) mass is 243 g/mol. The van der Waals surface area contributed by atoms with Crippen LogP contribution in [0.3, 0.4) is 0 Å². The molecule has 3 rings (SSSR count). The van der Waals surface area contributed by atoms with Crippen LogP contribution in [0.25, 0.3) is 0 Å². The first kappa shape index (κ1) is 11.5. The van der Waals surface area contributed by atoms with Crippen LogP contribution in [0.1, 0.15) is 12.0 Å². The van der Waals surface area contributed by atoms with Crippen molar-refractivity contribution in [3.05, 3.63) is 48.0 Å². The molecular weight excluding hydrogens is 226 g/mol. The van der Waals surface area contributed by atoms with Gasteiger partial charge in [0.05, 0.1) is 5.92 Å². The average Bonchev–Trinajstić information content (AvgIpc) is 2.98. The molecule has 2 N–H and O–H groups in total. The molecule has 3 nitrogen and oxygen atoms in total. The van der Waals surface area contributed by atoms with Gasteiger partial charge >= 0.3 is 5.97 Å². The Bertz CT molecular complexity index is 469. The summed E-state index contributed by atoms with van der Waals surface area (Å²) in [5.74, 6) is 0.351. The largest absolute Gasteiger partial charge is 0.461 e. The van der Waals surface area contributed by atoms with Crippen LogP contribution < -0.4 is 5.73 Å². The molecule has 2 aliphatic carbocycles. The van der Waals surface area contributed by atoms with Crippen molar-refractivity contribution >= 4 is 5.97 Å². The summed E-state index contributed by atoms with van der Waals surface area (Å²) in [7, 11) is 0. The molecule has 0 spiro atoms. The molecular formula is C15H17NO2. The zero-order chi connectivity index (χ0) is 12.5. The fourth-order valence-corrected chi connectivity index (χ4v) is 3.02. The van der Waals surface area contributed by atoms with Crippen LogP contribution in [0.2, 0.25) is 0 Å². The van der Waals surface area contributed by atoms with E-state index in [0.29, 0.717) is 12.5 Å². The van der Waals surface area contributed by atoms with Gasteiger partial charge in [-0.15, -0.1) is 0 Å². The van der Waals surface area contributed by atoms with E-state index in [0.717, 1.165) is 12.0 Å². The van der Waals surface area contributed by atoms with Crippen molar-refractivity contribution in [1.82, 2.24) is 0 Å². The van der Waals surface area contributed by atoms with Crippen LogP contribution in [-0.2, 0) is 16.1 Å². The predicted molar refractivity (Wildman–Crippen MR) is 68.4 cm³/mol. The Morgan fingerprint density at radius 3 is 2.61 bits per heavy atom. The summed E-state index contributed by atoms with van der Waals surface area (Å²) in [4.78, 5) is 12.1. The second kappa shape index (κ2) is 4.58. The summed E-state index contributed by atoms with van der Waals surface area (Å²) in [6.45, 7) is 0.337. The number of ether oxygens (including phenoxy) is 1. The second-order valence-corrected chi connectivity index (χ2v) is 5.14. The van der Waals surface area contributed by atoms with E-state index >= 15 is 0 Å². The molecule has 0 heterocycles. The van der Waals surface area contributed by atoms with Crippen molar-refractivity contribution in [2.45, 2.75) is 19.1 Å². The van der Waals surface area contributed by atoms with Crippen molar-refractivity contribution < 1.29 is 9.53 Å². The summed E-state index contributed by atoms with van der Waals surface area (Å²) in [5, 5.41) is 0. The lowest BCUT2D eigenvalue weighted by molar-refractivity contribution is -0.151. The van der Waals surface area contributed by atoms with Crippen molar-refractivity contribution in [3.8, 4) is 0 Å². The standard InChI is InChI=1S/C15H17NO2/c16-14-12-7-6-11(8-12)13(14)15(17)18-9-10-4-2-1-3-5-10/h1-7,11-14H,8-9,16H2/t11-,12+,13+,14-/m1/s1. The molecule has 94 valence electrons. The van der Waals surface area contributed by atoms with Gasteiger partial charge in [-0.25, -0.2) is 0 Å². The molecule has 2 aliphatic rings. The number of carbonyl (C=O) groups is 1. The molecule has 3 heteroatoms. The fourth-order valence-electron chi connectivity index (χ4n) is 3.02. The highest BCUT2D eigenvalue weighted by atomic mass is 16.5. The highest BCUT2D eigenvalue weighted by Gasteiger charge is 2.47. The van der Waals surface area contributed by atoms with Crippen molar-refractivity contribution in [2.24, 2.45) is 23.5 Å². The first-order valence-electron chi connectivity index (χ1n) is 6.40. The summed E-state index contributed by atoms with van der Waals surface area (Å²) in [5.41, 5.74) is 7.09. The smallest absolute Gasteiger partial charge is 0.311 e. The first-order valence-corrected chi connectivity index (χ1v) is 6.40. The fraction of sp³-hybridized carbons (Fsp3) is 0.400. The van der Waals surface area contributed by atoms with E-state index in [2.05, 4.69) is 12.2 Å². The molecule has 18 heavy (non-hydrogen) atoms. The second-order valence-electron chi connectivity index (χ2n) is 5.14. The maximum atomic E-state index is 12.1. The molecule has 0 aliphatic heterocycles. The topological polar surface area (TPSA) is 52.3 Å².